The molecule has 1 aliphatic heterocycles. The Hall–Kier alpha value is -2.51. The van der Waals surface area contributed by atoms with Crippen LogP contribution in [0.3, 0.4) is 0 Å². The van der Waals surface area contributed by atoms with Gasteiger partial charge in [-0.1, -0.05) is 17.7 Å². The quantitative estimate of drug-likeness (QED) is 0.826. The maximum absolute atomic E-state index is 12.3. The average Bonchev–Trinajstić information content (AvgIpc) is 2.65. The van der Waals surface area contributed by atoms with Gasteiger partial charge in [0.15, 0.2) is 5.69 Å². The number of aryl methyl sites for hydroxylation is 2. The number of anilines is 2. The number of carbonyl (C=O) groups is 1. The van der Waals surface area contributed by atoms with E-state index in [9.17, 15) is 4.79 Å². The highest BCUT2D eigenvalue weighted by molar-refractivity contribution is 6.03. The third-order valence-corrected chi connectivity index (χ3v) is 4.37. The lowest BCUT2D eigenvalue weighted by molar-refractivity contribution is 0.0398. The number of nitrogens with zero attached hydrogens (tertiary/aromatic N) is 3. The molecular weight excluding hydrogens is 330 g/mol. The second-order valence-electron chi connectivity index (χ2n) is 6.46. The Kier molecular flexibility index (Phi) is 6.14. The fourth-order valence-electron chi connectivity index (χ4n) is 2.85. The van der Waals surface area contributed by atoms with Crippen molar-refractivity contribution in [2.45, 2.75) is 13.8 Å². The molecule has 3 rings (SSSR count). The molecule has 1 amide bonds. The zero-order chi connectivity index (χ0) is 18.4. The number of carbonyl (C=O) groups excluding carboxylic acids is 1. The van der Waals surface area contributed by atoms with Gasteiger partial charge in [-0.2, -0.15) is 0 Å². The van der Waals surface area contributed by atoms with Crippen LogP contribution in [0.4, 0.5) is 11.5 Å². The second kappa shape index (κ2) is 8.73. The van der Waals surface area contributed by atoms with Crippen LogP contribution >= 0.6 is 0 Å². The van der Waals surface area contributed by atoms with Gasteiger partial charge in [0.1, 0.15) is 5.82 Å². The molecule has 0 aliphatic carbocycles. The second-order valence-corrected chi connectivity index (χ2v) is 6.46. The molecule has 7 nitrogen and oxygen atoms in total. The number of hydrogen-bond donors (Lipinski definition) is 2. The van der Waals surface area contributed by atoms with E-state index in [-0.39, 0.29) is 5.91 Å². The number of nitrogens with one attached hydrogen (secondary N) is 2. The molecule has 2 heterocycles. The van der Waals surface area contributed by atoms with Crippen molar-refractivity contribution >= 4 is 17.4 Å². The third-order valence-electron chi connectivity index (χ3n) is 4.37. The summed E-state index contributed by atoms with van der Waals surface area (Å²) in [5, 5.41) is 14.2. The molecule has 138 valence electrons. The predicted molar refractivity (Wildman–Crippen MR) is 102 cm³/mol. The van der Waals surface area contributed by atoms with Gasteiger partial charge >= 0.3 is 0 Å². The minimum Gasteiger partial charge on any atom is -0.379 e. The molecule has 0 atom stereocenters. The van der Waals surface area contributed by atoms with Crippen LogP contribution in [-0.2, 0) is 4.74 Å². The van der Waals surface area contributed by atoms with E-state index in [1.807, 2.05) is 32.0 Å². The Morgan fingerprint density at radius 1 is 1.15 bits per heavy atom. The van der Waals surface area contributed by atoms with Crippen molar-refractivity contribution in [1.82, 2.24) is 15.1 Å². The molecule has 1 saturated heterocycles. The highest BCUT2D eigenvalue weighted by Gasteiger charge is 2.11. The Labute approximate surface area is 153 Å². The number of amides is 1. The minimum atomic E-state index is -0.260. The lowest BCUT2D eigenvalue weighted by atomic mass is 10.1. The van der Waals surface area contributed by atoms with Crippen molar-refractivity contribution in [1.29, 1.82) is 0 Å². The summed E-state index contributed by atoms with van der Waals surface area (Å²) in [5.74, 6) is 0.408. The summed E-state index contributed by atoms with van der Waals surface area (Å²) in [5.41, 5.74) is 3.26. The fourth-order valence-corrected chi connectivity index (χ4v) is 2.85. The molecule has 0 spiro atoms. The van der Waals surface area contributed by atoms with Gasteiger partial charge in [0.05, 0.1) is 13.2 Å². The van der Waals surface area contributed by atoms with Gasteiger partial charge in [0, 0.05) is 31.9 Å². The van der Waals surface area contributed by atoms with Crippen molar-refractivity contribution in [3.63, 3.8) is 0 Å². The van der Waals surface area contributed by atoms with E-state index >= 15 is 0 Å². The van der Waals surface area contributed by atoms with Gasteiger partial charge in [0.2, 0.25) is 0 Å². The molecule has 2 aromatic rings. The summed E-state index contributed by atoms with van der Waals surface area (Å²) < 4.78 is 5.33. The average molecular weight is 355 g/mol. The Balaban J connectivity index is 1.50. The molecule has 2 N–H and O–H groups in total. The van der Waals surface area contributed by atoms with Crippen LogP contribution in [0.5, 0.6) is 0 Å². The van der Waals surface area contributed by atoms with E-state index in [0.29, 0.717) is 11.5 Å². The van der Waals surface area contributed by atoms with E-state index in [2.05, 4.69) is 25.7 Å². The van der Waals surface area contributed by atoms with Crippen LogP contribution in [0.25, 0.3) is 0 Å². The van der Waals surface area contributed by atoms with Crippen molar-refractivity contribution < 1.29 is 9.53 Å². The number of benzene rings is 1. The fraction of sp³-hybridized carbons (Fsp3) is 0.421. The van der Waals surface area contributed by atoms with Crippen LogP contribution in [0, 0.1) is 13.8 Å². The van der Waals surface area contributed by atoms with Gasteiger partial charge in [-0.25, -0.2) is 0 Å². The van der Waals surface area contributed by atoms with E-state index in [0.717, 1.165) is 56.2 Å². The largest absolute Gasteiger partial charge is 0.379 e. The lowest BCUT2D eigenvalue weighted by Gasteiger charge is -2.26. The van der Waals surface area contributed by atoms with Crippen molar-refractivity contribution in [3.8, 4) is 0 Å². The van der Waals surface area contributed by atoms with Gasteiger partial charge < -0.3 is 15.4 Å². The predicted octanol–water partition coefficient (Wildman–Crippen LogP) is 2.09. The molecule has 1 aromatic carbocycles. The highest BCUT2D eigenvalue weighted by atomic mass is 16.5. The van der Waals surface area contributed by atoms with E-state index in [1.54, 1.807) is 12.1 Å². The summed E-state index contributed by atoms with van der Waals surface area (Å²) >= 11 is 0. The topological polar surface area (TPSA) is 79.4 Å². The molecule has 0 saturated carbocycles. The van der Waals surface area contributed by atoms with Gasteiger partial charge in [-0.3, -0.25) is 9.69 Å². The minimum absolute atomic E-state index is 0.260. The van der Waals surface area contributed by atoms with E-state index in [4.69, 9.17) is 4.74 Å². The van der Waals surface area contributed by atoms with E-state index < -0.39 is 0 Å². The zero-order valence-electron chi connectivity index (χ0n) is 15.3. The molecule has 1 fully saturated rings. The third kappa shape index (κ3) is 5.00. The molecule has 0 bridgehead atoms. The smallest absolute Gasteiger partial charge is 0.276 e. The number of morpholine rings is 1. The first-order valence-corrected chi connectivity index (χ1v) is 8.88. The van der Waals surface area contributed by atoms with Crippen molar-refractivity contribution in [2.24, 2.45) is 0 Å². The van der Waals surface area contributed by atoms with Crippen molar-refractivity contribution in [2.75, 3.05) is 50.0 Å². The molecule has 0 radical (unpaired) electrons. The summed E-state index contributed by atoms with van der Waals surface area (Å²) in [7, 11) is 0. The molecule has 1 aromatic heterocycles. The Morgan fingerprint density at radius 3 is 2.65 bits per heavy atom. The highest BCUT2D eigenvalue weighted by Crippen LogP contribution is 2.16. The van der Waals surface area contributed by atoms with Crippen LogP contribution < -0.4 is 10.6 Å². The van der Waals surface area contributed by atoms with Gasteiger partial charge in [-0.05, 0) is 37.6 Å². The molecule has 7 heteroatoms. The zero-order valence-corrected chi connectivity index (χ0v) is 15.3. The molecular formula is C19H25N5O2. The maximum atomic E-state index is 12.3. The van der Waals surface area contributed by atoms with Crippen LogP contribution in [0.2, 0.25) is 0 Å². The molecule has 1 aliphatic rings. The Bertz CT molecular complexity index is 742. The van der Waals surface area contributed by atoms with Gasteiger partial charge in [-0.15, -0.1) is 10.2 Å². The summed E-state index contributed by atoms with van der Waals surface area (Å²) in [6.45, 7) is 9.22. The Morgan fingerprint density at radius 2 is 1.96 bits per heavy atom. The first-order chi connectivity index (χ1) is 12.6. The SMILES string of the molecule is Cc1ccc(NC(=O)c2ccc(NCCN3CCOCC3)nn2)c(C)c1. The monoisotopic (exact) mass is 355 g/mol. The number of aromatic nitrogens is 2. The molecule has 0 unspecified atom stereocenters. The first-order valence-electron chi connectivity index (χ1n) is 8.88. The van der Waals surface area contributed by atoms with E-state index in [1.165, 1.54) is 0 Å². The lowest BCUT2D eigenvalue weighted by Crippen LogP contribution is -2.39. The van der Waals surface area contributed by atoms with Crippen LogP contribution in [0.1, 0.15) is 21.6 Å². The van der Waals surface area contributed by atoms with Crippen molar-refractivity contribution in [3.05, 3.63) is 47.2 Å². The summed E-state index contributed by atoms with van der Waals surface area (Å²) in [6.07, 6.45) is 0. The van der Waals surface area contributed by atoms with Gasteiger partial charge in [0.25, 0.3) is 5.91 Å². The summed E-state index contributed by atoms with van der Waals surface area (Å²) in [4.78, 5) is 14.7. The maximum Gasteiger partial charge on any atom is 0.276 e. The van der Waals surface area contributed by atoms with Crippen LogP contribution in [0.15, 0.2) is 30.3 Å². The summed E-state index contributed by atoms with van der Waals surface area (Å²) in [6, 6.07) is 9.36. The van der Waals surface area contributed by atoms with Crippen LogP contribution in [-0.4, -0.2) is 60.4 Å². The standard InChI is InChI=1S/C19H25N5O2/c1-14-3-4-16(15(2)13-14)21-19(25)17-5-6-18(23-22-17)20-7-8-24-9-11-26-12-10-24/h3-6,13H,7-12H2,1-2H3,(H,20,23)(H,21,25). The normalized spacial score (nSPS) is 14.8. The number of ether oxygens (including phenoxy) is 1. The first kappa shape index (κ1) is 18.3. The number of rotatable bonds is 6. The number of hydrogen-bond acceptors (Lipinski definition) is 6. The molecule has 26 heavy (non-hydrogen) atoms.